The number of benzene rings is 1. The molecule has 2 rings (SSSR count). The molecule has 0 aliphatic heterocycles. The van der Waals surface area contributed by atoms with E-state index in [1.807, 2.05) is 30.3 Å². The molecule has 2 aromatic rings. The zero-order valence-corrected chi connectivity index (χ0v) is 9.78. The number of aliphatic hydroxyl groups excluding tert-OH is 1. The van der Waals surface area contributed by atoms with Gasteiger partial charge < -0.3 is 10.8 Å². The van der Waals surface area contributed by atoms with Crippen LogP contribution in [0.25, 0.3) is 0 Å². The van der Waals surface area contributed by atoms with Gasteiger partial charge in [0, 0.05) is 6.20 Å². The van der Waals surface area contributed by atoms with Crippen LogP contribution in [0.3, 0.4) is 0 Å². The molecule has 18 heavy (non-hydrogen) atoms. The lowest BCUT2D eigenvalue weighted by molar-refractivity contribution is 0.0998. The predicted octanol–water partition coefficient (Wildman–Crippen LogP) is 1.30. The van der Waals surface area contributed by atoms with Crippen molar-refractivity contribution >= 4 is 5.91 Å². The molecular weight excluding hydrogens is 228 g/mol. The van der Waals surface area contributed by atoms with Gasteiger partial charge in [0.05, 0.1) is 23.8 Å². The molecule has 0 saturated heterocycles. The quantitative estimate of drug-likeness (QED) is 0.848. The molecular formula is C14H14N2O2. The Balaban J connectivity index is 2.49. The first-order chi connectivity index (χ1) is 8.74. The fraction of sp³-hybridized carbons (Fsp3) is 0.143. The highest BCUT2D eigenvalue weighted by Crippen LogP contribution is 2.24. The highest BCUT2D eigenvalue weighted by atomic mass is 16.3. The van der Waals surface area contributed by atoms with Crippen LogP contribution < -0.4 is 5.73 Å². The van der Waals surface area contributed by atoms with Gasteiger partial charge in [0.1, 0.15) is 0 Å². The van der Waals surface area contributed by atoms with Gasteiger partial charge in [-0.2, -0.15) is 0 Å². The highest BCUT2D eigenvalue weighted by molar-refractivity contribution is 5.94. The van der Waals surface area contributed by atoms with Crippen molar-refractivity contribution in [3.05, 3.63) is 65.5 Å². The predicted molar refractivity (Wildman–Crippen MR) is 68.1 cm³/mol. The van der Waals surface area contributed by atoms with E-state index in [1.54, 1.807) is 18.3 Å². The standard InChI is InChI=1S/C14H14N2O2/c15-14(18)11-7-4-8-16-13(11)12(9-17)10-5-2-1-3-6-10/h1-8,12,17H,9H2,(H2,15,18). The maximum atomic E-state index is 11.4. The number of primary amides is 1. The fourth-order valence-electron chi connectivity index (χ4n) is 1.94. The molecule has 0 saturated carbocycles. The average molecular weight is 242 g/mol. The van der Waals surface area contributed by atoms with Gasteiger partial charge in [-0.3, -0.25) is 9.78 Å². The smallest absolute Gasteiger partial charge is 0.250 e. The van der Waals surface area contributed by atoms with Gasteiger partial charge in [-0.1, -0.05) is 30.3 Å². The van der Waals surface area contributed by atoms with E-state index in [0.29, 0.717) is 11.3 Å². The van der Waals surface area contributed by atoms with Crippen LogP contribution in [0.5, 0.6) is 0 Å². The Morgan fingerprint density at radius 3 is 2.56 bits per heavy atom. The minimum absolute atomic E-state index is 0.124. The number of hydrogen-bond acceptors (Lipinski definition) is 3. The highest BCUT2D eigenvalue weighted by Gasteiger charge is 2.20. The molecule has 3 N–H and O–H groups in total. The van der Waals surface area contributed by atoms with E-state index >= 15 is 0 Å². The second-order valence-electron chi connectivity index (χ2n) is 3.95. The van der Waals surface area contributed by atoms with Crippen LogP contribution >= 0.6 is 0 Å². The minimum atomic E-state index is -0.535. The third-order valence-corrected chi connectivity index (χ3v) is 2.82. The second kappa shape index (κ2) is 5.42. The number of nitrogens with two attached hydrogens (primary N) is 1. The normalized spacial score (nSPS) is 12.1. The van der Waals surface area contributed by atoms with E-state index in [0.717, 1.165) is 5.56 Å². The summed E-state index contributed by atoms with van der Waals surface area (Å²) in [4.78, 5) is 15.6. The number of carbonyl (C=O) groups excluding carboxylic acids is 1. The third-order valence-electron chi connectivity index (χ3n) is 2.82. The van der Waals surface area contributed by atoms with Gasteiger partial charge in [-0.15, -0.1) is 0 Å². The van der Waals surface area contributed by atoms with Crippen molar-refractivity contribution in [1.82, 2.24) is 4.98 Å². The summed E-state index contributed by atoms with van der Waals surface area (Å²) < 4.78 is 0. The Kier molecular flexibility index (Phi) is 3.69. The number of rotatable bonds is 4. The van der Waals surface area contributed by atoms with Crippen LogP contribution in [-0.4, -0.2) is 22.6 Å². The molecule has 0 radical (unpaired) electrons. The van der Waals surface area contributed by atoms with E-state index in [-0.39, 0.29) is 12.5 Å². The van der Waals surface area contributed by atoms with Crippen molar-refractivity contribution in [2.24, 2.45) is 5.73 Å². The molecule has 0 aliphatic carbocycles. The number of nitrogens with zero attached hydrogens (tertiary/aromatic N) is 1. The maximum absolute atomic E-state index is 11.4. The Bertz CT molecular complexity index is 541. The molecule has 1 heterocycles. The van der Waals surface area contributed by atoms with Crippen LogP contribution in [0.2, 0.25) is 0 Å². The first kappa shape index (κ1) is 12.3. The van der Waals surface area contributed by atoms with E-state index in [1.165, 1.54) is 0 Å². The molecule has 0 aliphatic rings. The van der Waals surface area contributed by atoms with Crippen LogP contribution in [-0.2, 0) is 0 Å². The first-order valence-electron chi connectivity index (χ1n) is 5.64. The van der Waals surface area contributed by atoms with E-state index in [4.69, 9.17) is 5.73 Å². The van der Waals surface area contributed by atoms with Gasteiger partial charge >= 0.3 is 0 Å². The molecule has 1 atom stereocenters. The van der Waals surface area contributed by atoms with Gasteiger partial charge in [0.25, 0.3) is 5.91 Å². The molecule has 92 valence electrons. The SMILES string of the molecule is NC(=O)c1cccnc1C(CO)c1ccccc1. The summed E-state index contributed by atoms with van der Waals surface area (Å²) >= 11 is 0. The monoisotopic (exact) mass is 242 g/mol. The largest absolute Gasteiger partial charge is 0.395 e. The Morgan fingerprint density at radius 2 is 1.94 bits per heavy atom. The lowest BCUT2D eigenvalue weighted by atomic mass is 9.93. The van der Waals surface area contributed by atoms with Crippen molar-refractivity contribution in [3.8, 4) is 0 Å². The van der Waals surface area contributed by atoms with Gasteiger partial charge in [-0.05, 0) is 17.7 Å². The van der Waals surface area contributed by atoms with Gasteiger partial charge in [0.15, 0.2) is 0 Å². The van der Waals surface area contributed by atoms with Crippen molar-refractivity contribution in [2.75, 3.05) is 6.61 Å². The number of carbonyl (C=O) groups is 1. The molecule has 1 amide bonds. The number of pyridine rings is 1. The lowest BCUT2D eigenvalue weighted by Crippen LogP contribution is -2.18. The van der Waals surface area contributed by atoms with E-state index < -0.39 is 5.91 Å². The molecule has 0 bridgehead atoms. The molecule has 1 unspecified atom stereocenters. The number of aromatic nitrogens is 1. The Morgan fingerprint density at radius 1 is 1.22 bits per heavy atom. The summed E-state index contributed by atoms with van der Waals surface area (Å²) in [6.07, 6.45) is 1.59. The second-order valence-corrected chi connectivity index (χ2v) is 3.95. The van der Waals surface area contributed by atoms with Crippen molar-refractivity contribution in [3.63, 3.8) is 0 Å². The topological polar surface area (TPSA) is 76.2 Å². The first-order valence-corrected chi connectivity index (χ1v) is 5.64. The molecule has 4 nitrogen and oxygen atoms in total. The van der Waals surface area contributed by atoms with E-state index in [9.17, 15) is 9.90 Å². The fourth-order valence-corrected chi connectivity index (χ4v) is 1.94. The molecule has 0 spiro atoms. The summed E-state index contributed by atoms with van der Waals surface area (Å²) in [6, 6.07) is 12.7. The zero-order valence-electron chi connectivity index (χ0n) is 9.78. The van der Waals surface area contributed by atoms with Crippen molar-refractivity contribution in [1.29, 1.82) is 0 Å². The molecule has 4 heteroatoms. The van der Waals surface area contributed by atoms with Crippen LogP contribution in [0.1, 0.15) is 27.5 Å². The minimum Gasteiger partial charge on any atom is -0.395 e. The van der Waals surface area contributed by atoms with E-state index in [2.05, 4.69) is 4.98 Å². The molecule has 0 fully saturated rings. The number of hydrogen-bond donors (Lipinski definition) is 2. The Hall–Kier alpha value is -2.20. The zero-order chi connectivity index (χ0) is 13.0. The lowest BCUT2D eigenvalue weighted by Gasteiger charge is -2.16. The summed E-state index contributed by atoms with van der Waals surface area (Å²) in [5, 5.41) is 9.55. The maximum Gasteiger partial charge on any atom is 0.250 e. The summed E-state index contributed by atoms with van der Waals surface area (Å²) in [5.74, 6) is -0.873. The average Bonchev–Trinajstić information content (AvgIpc) is 2.41. The van der Waals surface area contributed by atoms with Crippen LogP contribution in [0.15, 0.2) is 48.7 Å². The molecule has 1 aromatic carbocycles. The third kappa shape index (κ3) is 2.38. The Labute approximate surface area is 105 Å². The van der Waals surface area contributed by atoms with Crippen molar-refractivity contribution in [2.45, 2.75) is 5.92 Å². The van der Waals surface area contributed by atoms with Gasteiger partial charge in [0.2, 0.25) is 0 Å². The summed E-state index contributed by atoms with van der Waals surface area (Å²) in [6.45, 7) is -0.124. The van der Waals surface area contributed by atoms with Crippen LogP contribution in [0.4, 0.5) is 0 Å². The summed E-state index contributed by atoms with van der Waals surface area (Å²) in [7, 11) is 0. The van der Waals surface area contributed by atoms with Gasteiger partial charge in [-0.25, -0.2) is 0 Å². The molecule has 1 aromatic heterocycles. The van der Waals surface area contributed by atoms with Crippen LogP contribution in [0, 0.1) is 0 Å². The summed E-state index contributed by atoms with van der Waals surface area (Å²) in [5.41, 5.74) is 7.09. The van der Waals surface area contributed by atoms with Crippen molar-refractivity contribution < 1.29 is 9.90 Å². The number of aliphatic hydroxyl groups is 1. The number of amides is 1.